The van der Waals surface area contributed by atoms with Gasteiger partial charge in [0.2, 0.25) is 0 Å². The molecule has 166 valence electrons. The monoisotopic (exact) mass is 458 g/mol. The van der Waals surface area contributed by atoms with Crippen molar-refractivity contribution in [3.8, 4) is 10.6 Å². The van der Waals surface area contributed by atoms with E-state index in [1.54, 1.807) is 12.1 Å². The van der Waals surface area contributed by atoms with Gasteiger partial charge < -0.3 is 10.1 Å². The number of amides is 1. The van der Waals surface area contributed by atoms with Crippen LogP contribution in [0.4, 0.5) is 0 Å². The van der Waals surface area contributed by atoms with Crippen LogP contribution < -0.4 is 5.32 Å². The van der Waals surface area contributed by atoms with E-state index in [-0.39, 0.29) is 5.78 Å². The number of fused-ring (bicyclic) bond motifs is 1. The molecule has 2 heterocycles. The first-order valence-electron chi connectivity index (χ1n) is 10.5. The van der Waals surface area contributed by atoms with Crippen molar-refractivity contribution in [2.45, 2.75) is 19.4 Å². The van der Waals surface area contributed by atoms with Crippen molar-refractivity contribution < 1.29 is 19.1 Å². The molecule has 1 N–H and O–H groups in total. The van der Waals surface area contributed by atoms with Crippen LogP contribution in [0.25, 0.3) is 21.5 Å². The number of rotatable bonds is 8. The van der Waals surface area contributed by atoms with Gasteiger partial charge in [-0.15, -0.1) is 11.3 Å². The molecular weight excluding hydrogens is 436 g/mol. The van der Waals surface area contributed by atoms with E-state index < -0.39 is 24.5 Å². The molecule has 0 bridgehead atoms. The third kappa shape index (κ3) is 5.51. The smallest absolute Gasteiger partial charge is 0.339 e. The molecule has 0 aliphatic rings. The van der Waals surface area contributed by atoms with Crippen LogP contribution in [0.1, 0.15) is 22.8 Å². The van der Waals surface area contributed by atoms with Crippen LogP contribution in [0.5, 0.6) is 0 Å². The zero-order valence-electron chi connectivity index (χ0n) is 18.0. The van der Waals surface area contributed by atoms with Gasteiger partial charge in [-0.25, -0.2) is 9.78 Å². The molecule has 1 unspecified atom stereocenters. The number of aromatic nitrogens is 1. The third-order valence-electron chi connectivity index (χ3n) is 5.15. The minimum Gasteiger partial charge on any atom is -0.452 e. The molecule has 0 aliphatic carbocycles. The highest BCUT2D eigenvalue weighted by molar-refractivity contribution is 7.13. The van der Waals surface area contributed by atoms with Crippen molar-refractivity contribution in [2.24, 2.45) is 0 Å². The maximum Gasteiger partial charge on any atom is 0.339 e. The number of para-hydroxylation sites is 1. The Kier molecular flexibility index (Phi) is 6.90. The maximum atomic E-state index is 12.9. The number of benzene rings is 2. The van der Waals surface area contributed by atoms with Gasteiger partial charge in [-0.1, -0.05) is 54.6 Å². The minimum atomic E-state index is -0.689. The highest BCUT2D eigenvalue weighted by Gasteiger charge is 2.20. The molecule has 1 amide bonds. The Morgan fingerprint density at radius 2 is 1.76 bits per heavy atom. The number of hydrogen-bond donors (Lipinski definition) is 1. The van der Waals surface area contributed by atoms with Crippen molar-refractivity contribution in [3.63, 3.8) is 0 Å². The molecule has 0 saturated carbocycles. The van der Waals surface area contributed by atoms with Crippen LogP contribution in [0.2, 0.25) is 0 Å². The lowest BCUT2D eigenvalue weighted by molar-refractivity contribution is -0.128. The van der Waals surface area contributed by atoms with E-state index in [2.05, 4.69) is 10.3 Å². The second-order valence-corrected chi connectivity index (χ2v) is 8.49. The molecule has 0 spiro atoms. The van der Waals surface area contributed by atoms with E-state index in [4.69, 9.17) is 4.74 Å². The predicted octanol–water partition coefficient (Wildman–Crippen LogP) is 4.44. The standard InChI is InChI=1S/C26H22N2O4S/c1-17(29)22(14-18-8-3-2-4-9-18)28-25(30)16-32-26(31)20-15-23(24-12-7-13-33-24)27-21-11-6-5-10-19(20)21/h2-13,15,22H,14,16H2,1H3,(H,28,30). The number of thiophene rings is 1. The zero-order valence-corrected chi connectivity index (χ0v) is 18.8. The van der Waals surface area contributed by atoms with Crippen LogP contribution in [0, 0.1) is 0 Å². The number of pyridine rings is 1. The number of carbonyl (C=O) groups is 3. The molecule has 6 nitrogen and oxygen atoms in total. The number of carbonyl (C=O) groups excluding carboxylic acids is 3. The van der Waals surface area contributed by atoms with E-state index in [0.29, 0.717) is 28.6 Å². The fourth-order valence-electron chi connectivity index (χ4n) is 3.49. The minimum absolute atomic E-state index is 0.167. The average molecular weight is 459 g/mol. The molecular formula is C26H22N2O4S. The van der Waals surface area contributed by atoms with Crippen molar-refractivity contribution >= 4 is 39.9 Å². The molecule has 2 aromatic carbocycles. The lowest BCUT2D eigenvalue weighted by Crippen LogP contribution is -2.43. The summed E-state index contributed by atoms with van der Waals surface area (Å²) in [5, 5.41) is 5.25. The normalized spacial score (nSPS) is 11.7. The van der Waals surface area contributed by atoms with Gasteiger partial charge in [0, 0.05) is 5.39 Å². The van der Waals surface area contributed by atoms with E-state index >= 15 is 0 Å². The van der Waals surface area contributed by atoms with Crippen LogP contribution in [-0.2, 0) is 20.7 Å². The van der Waals surface area contributed by atoms with Crippen molar-refractivity contribution in [3.05, 3.63) is 89.3 Å². The van der Waals surface area contributed by atoms with Gasteiger partial charge >= 0.3 is 5.97 Å². The molecule has 0 fully saturated rings. The van der Waals surface area contributed by atoms with Crippen molar-refractivity contribution in [1.29, 1.82) is 0 Å². The number of ketones is 1. The third-order valence-corrected chi connectivity index (χ3v) is 6.05. The first-order valence-corrected chi connectivity index (χ1v) is 11.3. The summed E-state index contributed by atoms with van der Waals surface area (Å²) < 4.78 is 5.31. The predicted molar refractivity (Wildman–Crippen MR) is 128 cm³/mol. The molecule has 0 radical (unpaired) electrons. The second-order valence-electron chi connectivity index (χ2n) is 7.55. The Labute approximate surface area is 195 Å². The largest absolute Gasteiger partial charge is 0.452 e. The van der Waals surface area contributed by atoms with Crippen LogP contribution in [0.3, 0.4) is 0 Å². The molecule has 0 saturated heterocycles. The van der Waals surface area contributed by atoms with Crippen molar-refractivity contribution in [2.75, 3.05) is 6.61 Å². The van der Waals surface area contributed by atoms with Crippen LogP contribution >= 0.6 is 11.3 Å². The van der Waals surface area contributed by atoms with Gasteiger partial charge in [0.1, 0.15) is 0 Å². The van der Waals surface area contributed by atoms with Gasteiger partial charge in [0.25, 0.3) is 5.91 Å². The Morgan fingerprint density at radius 3 is 2.48 bits per heavy atom. The second kappa shape index (κ2) is 10.2. The summed E-state index contributed by atoms with van der Waals surface area (Å²) in [5.74, 6) is -1.32. The number of Topliss-reactive ketones (excluding diaryl/α,β-unsaturated/α-hetero) is 1. The summed E-state index contributed by atoms with van der Waals surface area (Å²) in [7, 11) is 0. The van der Waals surface area contributed by atoms with E-state index in [0.717, 1.165) is 10.4 Å². The fraction of sp³-hybridized carbons (Fsp3) is 0.154. The van der Waals surface area contributed by atoms with E-state index in [1.165, 1.54) is 18.3 Å². The number of nitrogens with one attached hydrogen (secondary N) is 1. The van der Waals surface area contributed by atoms with Gasteiger partial charge in [0.15, 0.2) is 12.4 Å². The van der Waals surface area contributed by atoms with Crippen molar-refractivity contribution in [1.82, 2.24) is 10.3 Å². The first-order chi connectivity index (χ1) is 16.0. The fourth-order valence-corrected chi connectivity index (χ4v) is 4.17. The number of hydrogen-bond acceptors (Lipinski definition) is 6. The SMILES string of the molecule is CC(=O)C(Cc1ccccc1)NC(=O)COC(=O)c1cc(-c2cccs2)nc2ccccc12. The Morgan fingerprint density at radius 1 is 1.00 bits per heavy atom. The molecule has 7 heteroatoms. The molecule has 0 aliphatic heterocycles. The van der Waals surface area contributed by atoms with Gasteiger partial charge in [-0.05, 0) is 42.5 Å². The summed E-state index contributed by atoms with van der Waals surface area (Å²) in [6, 6.07) is 21.6. The quantitative estimate of drug-likeness (QED) is 0.395. The Hall–Kier alpha value is -3.84. The number of ether oxygens (including phenoxy) is 1. The Bertz CT molecular complexity index is 1290. The summed E-state index contributed by atoms with van der Waals surface area (Å²) in [4.78, 5) is 42.9. The van der Waals surface area contributed by atoms with Crippen LogP contribution in [0.15, 0.2) is 78.2 Å². The van der Waals surface area contributed by atoms with E-state index in [1.807, 2.05) is 66.0 Å². The Balaban J connectivity index is 1.47. The highest BCUT2D eigenvalue weighted by atomic mass is 32.1. The molecule has 33 heavy (non-hydrogen) atoms. The molecule has 1 atom stereocenters. The molecule has 2 aromatic heterocycles. The highest BCUT2D eigenvalue weighted by Crippen LogP contribution is 2.28. The summed E-state index contributed by atoms with van der Waals surface area (Å²) in [6.45, 7) is 0.942. The first kappa shape index (κ1) is 22.4. The number of esters is 1. The molecule has 4 aromatic rings. The zero-order chi connectivity index (χ0) is 23.2. The summed E-state index contributed by atoms with van der Waals surface area (Å²) in [6.07, 6.45) is 0.370. The average Bonchev–Trinajstić information content (AvgIpc) is 3.37. The van der Waals surface area contributed by atoms with E-state index in [9.17, 15) is 14.4 Å². The topological polar surface area (TPSA) is 85.4 Å². The number of nitrogens with zero attached hydrogens (tertiary/aromatic N) is 1. The summed E-state index contributed by atoms with van der Waals surface area (Å²) >= 11 is 1.52. The maximum absolute atomic E-state index is 12.9. The van der Waals surface area contributed by atoms with Gasteiger partial charge in [-0.2, -0.15) is 0 Å². The van der Waals surface area contributed by atoms with Gasteiger partial charge in [-0.3, -0.25) is 9.59 Å². The lowest BCUT2D eigenvalue weighted by atomic mass is 10.0. The molecule has 4 rings (SSSR count). The van der Waals surface area contributed by atoms with Gasteiger partial charge in [0.05, 0.1) is 27.7 Å². The lowest BCUT2D eigenvalue weighted by Gasteiger charge is -2.16. The van der Waals surface area contributed by atoms with Crippen LogP contribution in [-0.4, -0.2) is 35.3 Å². The summed E-state index contributed by atoms with van der Waals surface area (Å²) in [5.41, 5.74) is 2.60.